The third-order valence-corrected chi connectivity index (χ3v) is 6.63. The molecule has 1 fully saturated rings. The lowest BCUT2D eigenvalue weighted by molar-refractivity contribution is -0.132. The van der Waals surface area contributed by atoms with Crippen LogP contribution in [-0.4, -0.2) is 58.9 Å². The molecule has 3 aromatic rings. The molecular weight excluding hydrogens is 473 g/mol. The van der Waals surface area contributed by atoms with Crippen molar-refractivity contribution in [3.63, 3.8) is 0 Å². The molecule has 32 heavy (non-hydrogen) atoms. The molecule has 0 aliphatic carbocycles. The number of ether oxygens (including phenoxy) is 1. The second kappa shape index (κ2) is 9.57. The summed E-state index contributed by atoms with van der Waals surface area (Å²) in [5.41, 5.74) is 2.89. The van der Waals surface area contributed by atoms with Crippen molar-refractivity contribution >= 4 is 46.4 Å². The van der Waals surface area contributed by atoms with Gasteiger partial charge in [-0.15, -0.1) is 0 Å². The first-order chi connectivity index (χ1) is 15.4. The number of anilines is 1. The fourth-order valence-electron chi connectivity index (χ4n) is 3.70. The zero-order chi connectivity index (χ0) is 22.8. The second-order valence-corrected chi connectivity index (χ2v) is 8.58. The molecule has 0 atom stereocenters. The van der Waals surface area contributed by atoms with Crippen molar-refractivity contribution < 1.29 is 9.53 Å². The van der Waals surface area contributed by atoms with Crippen molar-refractivity contribution in [3.8, 4) is 17.0 Å². The molecular formula is C22H22Cl3N5O2. The standard InChI is InChI=1S/C22H22Cl3N5O2/c1-14-20(24)21(16-4-3-7-26-22(16)25)27-30(14)13-19(31)29-10-8-28(9-11-29)15-5-6-17(23)18(12-15)32-2/h3-7,12H,8-11,13H2,1-2H3. The van der Waals surface area contributed by atoms with Gasteiger partial charge in [-0.3, -0.25) is 9.48 Å². The molecule has 1 saturated heterocycles. The summed E-state index contributed by atoms with van der Waals surface area (Å²) in [6.45, 7) is 4.59. The Balaban J connectivity index is 1.43. The van der Waals surface area contributed by atoms with E-state index in [0.29, 0.717) is 64.1 Å². The minimum atomic E-state index is -0.00978. The molecule has 168 valence electrons. The highest BCUT2D eigenvalue weighted by molar-refractivity contribution is 6.36. The van der Waals surface area contributed by atoms with Gasteiger partial charge in [0, 0.05) is 49.7 Å². The Bertz CT molecular complexity index is 1140. The lowest BCUT2D eigenvalue weighted by Crippen LogP contribution is -2.49. The van der Waals surface area contributed by atoms with Gasteiger partial charge in [0.1, 0.15) is 23.1 Å². The number of benzene rings is 1. The topological polar surface area (TPSA) is 63.5 Å². The summed E-state index contributed by atoms with van der Waals surface area (Å²) in [6.07, 6.45) is 1.60. The largest absolute Gasteiger partial charge is 0.495 e. The van der Waals surface area contributed by atoms with Crippen LogP contribution in [0, 0.1) is 6.92 Å². The molecule has 0 bridgehead atoms. The van der Waals surface area contributed by atoms with Gasteiger partial charge in [-0.1, -0.05) is 34.8 Å². The summed E-state index contributed by atoms with van der Waals surface area (Å²) in [5.74, 6) is 0.627. The van der Waals surface area contributed by atoms with E-state index in [9.17, 15) is 4.79 Å². The van der Waals surface area contributed by atoms with Gasteiger partial charge in [0.2, 0.25) is 5.91 Å². The number of carbonyl (C=O) groups is 1. The fraction of sp³-hybridized carbons (Fsp3) is 0.318. The number of aromatic nitrogens is 3. The average Bonchev–Trinajstić information content (AvgIpc) is 3.08. The van der Waals surface area contributed by atoms with E-state index in [1.807, 2.05) is 30.0 Å². The summed E-state index contributed by atoms with van der Waals surface area (Å²) < 4.78 is 6.93. The molecule has 0 N–H and O–H groups in total. The fourth-order valence-corrected chi connectivity index (χ4v) is 4.34. The quantitative estimate of drug-likeness (QED) is 0.486. The van der Waals surface area contributed by atoms with E-state index < -0.39 is 0 Å². The van der Waals surface area contributed by atoms with Crippen LogP contribution >= 0.6 is 34.8 Å². The van der Waals surface area contributed by atoms with Crippen molar-refractivity contribution in [1.29, 1.82) is 0 Å². The van der Waals surface area contributed by atoms with Crippen LogP contribution in [0.2, 0.25) is 15.2 Å². The minimum Gasteiger partial charge on any atom is -0.495 e. The van der Waals surface area contributed by atoms with Crippen LogP contribution in [0.5, 0.6) is 5.75 Å². The zero-order valence-corrected chi connectivity index (χ0v) is 20.0. The highest BCUT2D eigenvalue weighted by Crippen LogP contribution is 2.33. The minimum absolute atomic E-state index is 0.00978. The van der Waals surface area contributed by atoms with Crippen LogP contribution in [0.3, 0.4) is 0 Å². The summed E-state index contributed by atoms with van der Waals surface area (Å²) in [6, 6.07) is 9.28. The molecule has 0 spiro atoms. The van der Waals surface area contributed by atoms with Crippen LogP contribution in [-0.2, 0) is 11.3 Å². The number of methoxy groups -OCH3 is 1. The first-order valence-corrected chi connectivity index (χ1v) is 11.2. The number of amides is 1. The Kier molecular flexibility index (Phi) is 6.79. The predicted octanol–water partition coefficient (Wildman–Crippen LogP) is 4.57. The number of halogens is 3. The molecule has 3 heterocycles. The third-order valence-electron chi connectivity index (χ3n) is 5.56. The van der Waals surface area contributed by atoms with Gasteiger partial charge in [-0.05, 0) is 31.2 Å². The molecule has 7 nitrogen and oxygen atoms in total. The molecule has 1 aliphatic heterocycles. The Morgan fingerprint density at radius 2 is 1.88 bits per heavy atom. The second-order valence-electron chi connectivity index (χ2n) is 7.43. The first-order valence-electron chi connectivity index (χ1n) is 10.1. The van der Waals surface area contributed by atoms with Gasteiger partial charge in [-0.2, -0.15) is 5.10 Å². The van der Waals surface area contributed by atoms with Crippen molar-refractivity contribution in [3.05, 3.63) is 57.4 Å². The van der Waals surface area contributed by atoms with Crippen molar-refractivity contribution in [2.45, 2.75) is 13.5 Å². The lowest BCUT2D eigenvalue weighted by atomic mass is 10.2. The van der Waals surface area contributed by atoms with Gasteiger partial charge >= 0.3 is 0 Å². The Morgan fingerprint density at radius 3 is 2.56 bits per heavy atom. The van der Waals surface area contributed by atoms with E-state index >= 15 is 0 Å². The van der Waals surface area contributed by atoms with Crippen LogP contribution in [0.1, 0.15) is 5.69 Å². The molecule has 0 saturated carbocycles. The Labute approximate surface area is 201 Å². The average molecular weight is 495 g/mol. The zero-order valence-electron chi connectivity index (χ0n) is 17.7. The smallest absolute Gasteiger partial charge is 0.244 e. The van der Waals surface area contributed by atoms with E-state index in [1.165, 1.54) is 0 Å². The van der Waals surface area contributed by atoms with E-state index in [-0.39, 0.29) is 12.5 Å². The number of nitrogens with zero attached hydrogens (tertiary/aromatic N) is 5. The number of pyridine rings is 1. The molecule has 0 radical (unpaired) electrons. The van der Waals surface area contributed by atoms with Gasteiger partial charge in [0.25, 0.3) is 0 Å². The van der Waals surface area contributed by atoms with Crippen molar-refractivity contribution in [2.75, 3.05) is 38.2 Å². The normalized spacial score (nSPS) is 14.0. The lowest BCUT2D eigenvalue weighted by Gasteiger charge is -2.36. The van der Waals surface area contributed by atoms with Crippen LogP contribution in [0.15, 0.2) is 36.5 Å². The van der Waals surface area contributed by atoms with E-state index in [2.05, 4.69) is 15.0 Å². The van der Waals surface area contributed by atoms with Crippen LogP contribution in [0.25, 0.3) is 11.3 Å². The predicted molar refractivity (Wildman–Crippen MR) is 127 cm³/mol. The molecule has 1 amide bonds. The van der Waals surface area contributed by atoms with Gasteiger partial charge in [-0.25, -0.2) is 4.98 Å². The highest BCUT2D eigenvalue weighted by atomic mass is 35.5. The molecule has 2 aromatic heterocycles. The SMILES string of the molecule is COc1cc(N2CCN(C(=O)Cn3nc(-c4cccnc4Cl)c(Cl)c3C)CC2)ccc1Cl. The third kappa shape index (κ3) is 4.51. The van der Waals surface area contributed by atoms with Gasteiger partial charge in [0.05, 0.1) is 22.8 Å². The number of carbonyl (C=O) groups excluding carboxylic acids is 1. The summed E-state index contributed by atoms with van der Waals surface area (Å²) >= 11 is 18.8. The maximum absolute atomic E-state index is 13.0. The van der Waals surface area contributed by atoms with E-state index in [1.54, 1.807) is 30.1 Å². The van der Waals surface area contributed by atoms with Gasteiger partial charge < -0.3 is 14.5 Å². The summed E-state index contributed by atoms with van der Waals surface area (Å²) in [5, 5.41) is 5.90. The monoisotopic (exact) mass is 493 g/mol. The molecule has 1 aliphatic rings. The highest BCUT2D eigenvalue weighted by Gasteiger charge is 2.24. The summed E-state index contributed by atoms with van der Waals surface area (Å²) in [4.78, 5) is 21.1. The number of hydrogen-bond acceptors (Lipinski definition) is 5. The molecule has 4 rings (SSSR count). The number of piperazine rings is 1. The molecule has 10 heteroatoms. The van der Waals surface area contributed by atoms with Gasteiger partial charge in [0.15, 0.2) is 0 Å². The van der Waals surface area contributed by atoms with Crippen molar-refractivity contribution in [1.82, 2.24) is 19.7 Å². The van der Waals surface area contributed by atoms with Crippen LogP contribution < -0.4 is 9.64 Å². The van der Waals surface area contributed by atoms with Crippen molar-refractivity contribution in [2.24, 2.45) is 0 Å². The maximum atomic E-state index is 13.0. The Hall–Kier alpha value is -2.48. The number of hydrogen-bond donors (Lipinski definition) is 0. The van der Waals surface area contributed by atoms with E-state index in [0.717, 1.165) is 5.69 Å². The Morgan fingerprint density at radius 1 is 1.12 bits per heavy atom. The first kappa shape index (κ1) is 22.7. The van der Waals surface area contributed by atoms with Crippen LogP contribution in [0.4, 0.5) is 5.69 Å². The molecule has 0 unspecified atom stereocenters. The number of rotatable bonds is 5. The van der Waals surface area contributed by atoms with E-state index in [4.69, 9.17) is 39.5 Å². The molecule has 1 aromatic carbocycles. The summed E-state index contributed by atoms with van der Waals surface area (Å²) in [7, 11) is 1.60. The maximum Gasteiger partial charge on any atom is 0.244 e.